The predicted molar refractivity (Wildman–Crippen MR) is 113 cm³/mol. The minimum absolute atomic E-state index is 0.0958. The molecule has 0 saturated carbocycles. The molecule has 0 unspecified atom stereocenters. The van der Waals surface area contributed by atoms with E-state index in [-0.39, 0.29) is 29.4 Å². The van der Waals surface area contributed by atoms with Gasteiger partial charge in [0, 0.05) is 22.9 Å². The third kappa shape index (κ3) is 4.06. The Morgan fingerprint density at radius 3 is 2.79 bits per heavy atom. The van der Waals surface area contributed by atoms with Gasteiger partial charge in [-0.25, -0.2) is 8.42 Å². The average Bonchev–Trinajstić information content (AvgIpc) is 3.23. The van der Waals surface area contributed by atoms with Gasteiger partial charge in [0.05, 0.1) is 18.1 Å². The number of carbonyl (C=O) groups is 1. The maximum absolute atomic E-state index is 12.9. The Morgan fingerprint density at radius 1 is 1.21 bits per heavy atom. The van der Waals surface area contributed by atoms with Crippen molar-refractivity contribution in [3.05, 3.63) is 70.9 Å². The van der Waals surface area contributed by atoms with Gasteiger partial charge in [-0.2, -0.15) is 0 Å². The molecule has 29 heavy (non-hydrogen) atoms. The number of aryl methyl sites for hydroxylation is 1. The van der Waals surface area contributed by atoms with Crippen LogP contribution >= 0.6 is 0 Å². The monoisotopic (exact) mass is 412 g/mol. The standard InChI is InChI=1S/C22H24N2O4S/c1-14-6-7-19-16(10-14)12-21(23-19)22(26)24-20-11-15-4-2-3-5-17(15)18(20)13-29(27,28)9-8-25/h2-7,10,12,18,20,23,25H,8-9,11,13H2,1H3,(H,24,26)/t18-,20+/m0/s1. The smallest absolute Gasteiger partial charge is 0.267 e. The van der Waals surface area contributed by atoms with Gasteiger partial charge in [0.2, 0.25) is 0 Å². The number of H-pyrrole nitrogens is 1. The third-order valence-corrected chi connectivity index (χ3v) is 7.22. The molecule has 152 valence electrons. The van der Waals surface area contributed by atoms with Crippen LogP contribution in [-0.2, 0) is 16.3 Å². The SMILES string of the molecule is Cc1ccc2[nH]c(C(=O)N[C@@H]3Cc4ccccc4[C@@H]3CS(=O)(=O)CCO)cc2c1. The number of hydrogen-bond acceptors (Lipinski definition) is 4. The van der Waals surface area contributed by atoms with Crippen molar-refractivity contribution < 1.29 is 18.3 Å². The van der Waals surface area contributed by atoms with Crippen LogP contribution in [0.5, 0.6) is 0 Å². The molecule has 2 atom stereocenters. The number of sulfone groups is 1. The van der Waals surface area contributed by atoms with Crippen LogP contribution in [0.25, 0.3) is 10.9 Å². The summed E-state index contributed by atoms with van der Waals surface area (Å²) in [5.41, 5.74) is 4.46. The number of nitrogens with one attached hydrogen (secondary N) is 2. The highest BCUT2D eigenvalue weighted by Gasteiger charge is 2.36. The van der Waals surface area contributed by atoms with E-state index < -0.39 is 16.4 Å². The zero-order valence-electron chi connectivity index (χ0n) is 16.2. The Hall–Kier alpha value is -2.64. The Balaban J connectivity index is 1.59. The number of aromatic amines is 1. The fraction of sp³-hybridized carbons (Fsp3) is 0.318. The van der Waals surface area contributed by atoms with Gasteiger partial charge >= 0.3 is 0 Å². The quantitative estimate of drug-likeness (QED) is 0.579. The second-order valence-corrected chi connectivity index (χ2v) is 9.93. The van der Waals surface area contributed by atoms with Crippen molar-refractivity contribution in [1.82, 2.24) is 10.3 Å². The van der Waals surface area contributed by atoms with Gasteiger partial charge in [-0.1, -0.05) is 35.9 Å². The molecule has 1 aliphatic rings. The van der Waals surface area contributed by atoms with Crippen LogP contribution in [0.4, 0.5) is 0 Å². The predicted octanol–water partition coefficient (Wildman–Crippen LogP) is 2.32. The van der Waals surface area contributed by atoms with Gasteiger partial charge in [-0.15, -0.1) is 0 Å². The lowest BCUT2D eigenvalue weighted by Gasteiger charge is -2.21. The molecular weight excluding hydrogens is 388 g/mol. The summed E-state index contributed by atoms with van der Waals surface area (Å²) in [6.07, 6.45) is 0.584. The summed E-state index contributed by atoms with van der Waals surface area (Å²) in [6, 6.07) is 15.1. The molecule has 0 fully saturated rings. The minimum Gasteiger partial charge on any atom is -0.395 e. The number of benzene rings is 2. The van der Waals surface area contributed by atoms with E-state index in [9.17, 15) is 13.2 Å². The lowest BCUT2D eigenvalue weighted by molar-refractivity contribution is 0.0930. The van der Waals surface area contributed by atoms with E-state index in [0.717, 1.165) is 27.6 Å². The van der Waals surface area contributed by atoms with Crippen LogP contribution in [0, 0.1) is 6.92 Å². The Kier molecular flexibility index (Phi) is 5.19. The first-order chi connectivity index (χ1) is 13.9. The second-order valence-electron chi connectivity index (χ2n) is 7.70. The summed E-state index contributed by atoms with van der Waals surface area (Å²) >= 11 is 0. The molecule has 6 nitrogen and oxygen atoms in total. The van der Waals surface area contributed by atoms with Crippen LogP contribution in [0.2, 0.25) is 0 Å². The summed E-state index contributed by atoms with van der Waals surface area (Å²) in [6.45, 7) is 1.60. The van der Waals surface area contributed by atoms with Crippen molar-refractivity contribution in [2.75, 3.05) is 18.1 Å². The van der Waals surface area contributed by atoms with Crippen LogP contribution in [0.1, 0.15) is 33.1 Å². The van der Waals surface area contributed by atoms with Gasteiger partial charge in [0.1, 0.15) is 5.69 Å². The molecule has 1 aliphatic carbocycles. The minimum atomic E-state index is -3.43. The highest BCUT2D eigenvalue weighted by molar-refractivity contribution is 7.91. The largest absolute Gasteiger partial charge is 0.395 e. The molecule has 7 heteroatoms. The van der Waals surface area contributed by atoms with E-state index in [1.807, 2.05) is 55.5 Å². The number of aromatic nitrogens is 1. The molecule has 0 saturated heterocycles. The molecule has 0 aliphatic heterocycles. The number of carbonyl (C=O) groups excluding carboxylic acids is 1. The Bertz CT molecular complexity index is 1170. The fourth-order valence-electron chi connectivity index (χ4n) is 4.15. The number of amides is 1. The van der Waals surface area contributed by atoms with E-state index in [1.165, 1.54) is 0 Å². The lowest BCUT2D eigenvalue weighted by Crippen LogP contribution is -2.40. The highest BCUT2D eigenvalue weighted by Crippen LogP contribution is 2.34. The van der Waals surface area contributed by atoms with Gasteiger partial charge in [0.25, 0.3) is 5.91 Å². The number of hydrogen-bond donors (Lipinski definition) is 3. The number of fused-ring (bicyclic) bond motifs is 2. The van der Waals surface area contributed by atoms with E-state index in [1.54, 1.807) is 0 Å². The van der Waals surface area contributed by atoms with E-state index in [4.69, 9.17) is 5.11 Å². The van der Waals surface area contributed by atoms with Crippen LogP contribution in [-0.4, -0.2) is 48.6 Å². The molecule has 1 heterocycles. The molecule has 0 spiro atoms. The molecule has 0 bridgehead atoms. The Labute approximate surface area is 169 Å². The highest BCUT2D eigenvalue weighted by atomic mass is 32.2. The van der Waals surface area contributed by atoms with Gasteiger partial charge in [0.15, 0.2) is 9.84 Å². The van der Waals surface area contributed by atoms with E-state index >= 15 is 0 Å². The van der Waals surface area contributed by atoms with E-state index in [2.05, 4.69) is 10.3 Å². The maximum atomic E-state index is 12.9. The molecule has 3 N–H and O–H groups in total. The van der Waals surface area contributed by atoms with Crippen molar-refractivity contribution in [2.45, 2.75) is 25.3 Å². The first-order valence-electron chi connectivity index (χ1n) is 9.65. The first kappa shape index (κ1) is 19.7. The Morgan fingerprint density at radius 2 is 2.00 bits per heavy atom. The maximum Gasteiger partial charge on any atom is 0.267 e. The zero-order valence-corrected chi connectivity index (χ0v) is 17.0. The molecular formula is C22H24N2O4S. The second kappa shape index (κ2) is 7.65. The zero-order chi connectivity index (χ0) is 20.6. The summed E-state index contributed by atoms with van der Waals surface area (Å²) in [5, 5.41) is 13.1. The molecule has 1 amide bonds. The van der Waals surface area contributed by atoms with Crippen LogP contribution < -0.4 is 5.32 Å². The van der Waals surface area contributed by atoms with Gasteiger partial charge in [-0.3, -0.25) is 4.79 Å². The van der Waals surface area contributed by atoms with E-state index in [0.29, 0.717) is 12.1 Å². The lowest BCUT2D eigenvalue weighted by atomic mass is 10.0. The normalized spacial score (nSPS) is 18.7. The van der Waals surface area contributed by atoms with Crippen molar-refractivity contribution in [3.63, 3.8) is 0 Å². The summed E-state index contributed by atoms with van der Waals surface area (Å²) < 4.78 is 24.7. The average molecular weight is 413 g/mol. The molecule has 0 radical (unpaired) electrons. The topological polar surface area (TPSA) is 99.3 Å². The molecule has 3 aromatic rings. The van der Waals surface area contributed by atoms with Crippen molar-refractivity contribution in [1.29, 1.82) is 0 Å². The van der Waals surface area contributed by atoms with Gasteiger partial charge in [-0.05, 0) is 42.7 Å². The first-order valence-corrected chi connectivity index (χ1v) is 11.5. The molecule has 2 aromatic carbocycles. The molecule has 1 aromatic heterocycles. The fourth-order valence-corrected chi connectivity index (χ4v) is 5.56. The van der Waals surface area contributed by atoms with Crippen molar-refractivity contribution in [3.8, 4) is 0 Å². The summed E-state index contributed by atoms with van der Waals surface area (Å²) in [5.74, 6) is -0.950. The number of aliphatic hydroxyl groups excluding tert-OH is 1. The summed E-state index contributed by atoms with van der Waals surface area (Å²) in [7, 11) is -3.43. The van der Waals surface area contributed by atoms with Gasteiger partial charge < -0.3 is 15.4 Å². The van der Waals surface area contributed by atoms with Crippen LogP contribution in [0.15, 0.2) is 48.5 Å². The number of aliphatic hydroxyl groups is 1. The third-order valence-electron chi connectivity index (χ3n) is 5.55. The van der Waals surface area contributed by atoms with Crippen molar-refractivity contribution >= 4 is 26.6 Å². The molecule has 4 rings (SSSR count). The van der Waals surface area contributed by atoms with Crippen LogP contribution in [0.3, 0.4) is 0 Å². The summed E-state index contributed by atoms with van der Waals surface area (Å²) in [4.78, 5) is 16.0. The van der Waals surface area contributed by atoms with Crippen molar-refractivity contribution in [2.24, 2.45) is 0 Å². The number of rotatable bonds is 6.